The van der Waals surface area contributed by atoms with E-state index in [1.165, 1.54) is 6.20 Å². The summed E-state index contributed by atoms with van der Waals surface area (Å²) < 4.78 is 38.4. The molecule has 3 rings (SSSR count). The van der Waals surface area contributed by atoms with Gasteiger partial charge in [0.2, 0.25) is 5.91 Å². The van der Waals surface area contributed by atoms with Gasteiger partial charge < -0.3 is 5.32 Å². The fourth-order valence-corrected chi connectivity index (χ4v) is 3.35. The first-order chi connectivity index (χ1) is 13.7. The van der Waals surface area contributed by atoms with E-state index < -0.39 is 11.9 Å². The number of aryl methyl sites for hydroxylation is 2. The van der Waals surface area contributed by atoms with E-state index in [0.717, 1.165) is 22.9 Å². The van der Waals surface area contributed by atoms with E-state index in [1.54, 1.807) is 6.07 Å². The van der Waals surface area contributed by atoms with Crippen LogP contribution in [0.15, 0.2) is 36.5 Å². The SMILES string of the molecule is Cc1ccc(C)c(NC(=O)CN2CCN(Cc3ccnc(C(F)(F)F)c3)CC2)c1. The van der Waals surface area contributed by atoms with E-state index in [-0.39, 0.29) is 5.91 Å². The summed E-state index contributed by atoms with van der Waals surface area (Å²) in [6, 6.07) is 8.65. The Bertz CT molecular complexity index is 861. The van der Waals surface area contributed by atoms with Gasteiger partial charge in [0.1, 0.15) is 5.69 Å². The second kappa shape index (κ2) is 8.92. The van der Waals surface area contributed by atoms with Crippen molar-refractivity contribution in [1.82, 2.24) is 14.8 Å². The lowest BCUT2D eigenvalue weighted by Crippen LogP contribution is -2.48. The van der Waals surface area contributed by atoms with Gasteiger partial charge in [-0.25, -0.2) is 0 Å². The number of anilines is 1. The van der Waals surface area contributed by atoms with Crippen LogP contribution in [0.4, 0.5) is 18.9 Å². The highest BCUT2D eigenvalue weighted by Gasteiger charge is 2.32. The topological polar surface area (TPSA) is 48.5 Å². The van der Waals surface area contributed by atoms with Crippen molar-refractivity contribution in [3.8, 4) is 0 Å². The van der Waals surface area contributed by atoms with Crippen molar-refractivity contribution in [3.63, 3.8) is 0 Å². The number of carbonyl (C=O) groups is 1. The quantitative estimate of drug-likeness (QED) is 0.826. The number of benzene rings is 1. The fourth-order valence-electron chi connectivity index (χ4n) is 3.35. The number of carbonyl (C=O) groups excluding carboxylic acids is 1. The van der Waals surface area contributed by atoms with E-state index in [0.29, 0.717) is 44.8 Å². The minimum absolute atomic E-state index is 0.0592. The summed E-state index contributed by atoms with van der Waals surface area (Å²) in [7, 11) is 0. The normalized spacial score (nSPS) is 16.0. The number of halogens is 3. The molecule has 1 aromatic carbocycles. The van der Waals surface area contributed by atoms with Crippen molar-refractivity contribution >= 4 is 11.6 Å². The molecule has 1 fully saturated rings. The molecule has 5 nitrogen and oxygen atoms in total. The Balaban J connectivity index is 1.48. The number of pyridine rings is 1. The highest BCUT2D eigenvalue weighted by molar-refractivity contribution is 5.93. The number of aromatic nitrogens is 1. The average Bonchev–Trinajstić information content (AvgIpc) is 2.66. The van der Waals surface area contributed by atoms with Crippen LogP contribution in [0, 0.1) is 13.8 Å². The Kier molecular flexibility index (Phi) is 6.54. The zero-order valence-corrected chi connectivity index (χ0v) is 16.6. The average molecular weight is 406 g/mol. The summed E-state index contributed by atoms with van der Waals surface area (Å²) in [5, 5.41) is 2.96. The third-order valence-electron chi connectivity index (χ3n) is 5.02. The van der Waals surface area contributed by atoms with Crippen molar-refractivity contribution < 1.29 is 18.0 Å². The number of hydrogen-bond acceptors (Lipinski definition) is 4. The summed E-state index contributed by atoms with van der Waals surface area (Å²) in [5.41, 5.74) is 2.66. The molecule has 0 aliphatic carbocycles. The lowest BCUT2D eigenvalue weighted by molar-refractivity contribution is -0.141. The van der Waals surface area contributed by atoms with Crippen LogP contribution in [0.3, 0.4) is 0 Å². The number of hydrogen-bond donors (Lipinski definition) is 1. The van der Waals surface area contributed by atoms with Gasteiger partial charge >= 0.3 is 6.18 Å². The number of nitrogens with zero attached hydrogens (tertiary/aromatic N) is 3. The van der Waals surface area contributed by atoms with E-state index >= 15 is 0 Å². The number of amides is 1. The largest absolute Gasteiger partial charge is 0.433 e. The molecule has 0 atom stereocenters. The lowest BCUT2D eigenvalue weighted by atomic mass is 10.1. The van der Waals surface area contributed by atoms with Gasteiger partial charge in [0.05, 0.1) is 6.54 Å². The van der Waals surface area contributed by atoms with Crippen LogP contribution < -0.4 is 5.32 Å². The van der Waals surface area contributed by atoms with E-state index in [1.807, 2.05) is 32.0 Å². The van der Waals surface area contributed by atoms with Crippen LogP contribution in [0.25, 0.3) is 0 Å². The van der Waals surface area contributed by atoms with Crippen LogP contribution in [-0.4, -0.2) is 53.4 Å². The Morgan fingerprint density at radius 1 is 1.07 bits per heavy atom. The monoisotopic (exact) mass is 406 g/mol. The van der Waals surface area contributed by atoms with Crippen LogP contribution in [0.1, 0.15) is 22.4 Å². The summed E-state index contributed by atoms with van der Waals surface area (Å²) in [6.45, 7) is 7.45. The van der Waals surface area contributed by atoms with Crippen molar-refractivity contribution in [3.05, 3.63) is 58.9 Å². The standard InChI is InChI=1S/C21H25F3N4O/c1-15-3-4-16(2)18(11-15)26-20(29)14-28-9-7-27(8-10-28)13-17-5-6-25-19(12-17)21(22,23)24/h3-6,11-12H,7-10,13-14H2,1-2H3,(H,26,29). The first kappa shape index (κ1) is 21.3. The molecule has 29 heavy (non-hydrogen) atoms. The molecule has 1 aromatic heterocycles. The Morgan fingerprint density at radius 3 is 2.45 bits per heavy atom. The summed E-state index contributed by atoms with van der Waals surface area (Å²) in [6.07, 6.45) is -3.23. The first-order valence-corrected chi connectivity index (χ1v) is 9.54. The molecule has 156 valence electrons. The van der Waals surface area contributed by atoms with Crippen molar-refractivity contribution in [2.45, 2.75) is 26.6 Å². The molecule has 0 spiro atoms. The lowest BCUT2D eigenvalue weighted by Gasteiger charge is -2.34. The molecule has 2 aromatic rings. The molecule has 1 aliphatic rings. The van der Waals surface area contributed by atoms with Crippen LogP contribution in [0.5, 0.6) is 0 Å². The summed E-state index contributed by atoms with van der Waals surface area (Å²) >= 11 is 0. The molecule has 1 amide bonds. The predicted octanol–water partition coefficient (Wildman–Crippen LogP) is 3.47. The molecule has 0 radical (unpaired) electrons. The Hall–Kier alpha value is -2.45. The molecule has 2 heterocycles. The summed E-state index contributed by atoms with van der Waals surface area (Å²) in [4.78, 5) is 19.9. The third-order valence-corrected chi connectivity index (χ3v) is 5.02. The second-order valence-electron chi connectivity index (χ2n) is 7.47. The predicted molar refractivity (Wildman–Crippen MR) is 106 cm³/mol. The molecule has 0 saturated carbocycles. The van der Waals surface area contributed by atoms with Gasteiger partial charge in [-0.2, -0.15) is 13.2 Å². The minimum Gasteiger partial charge on any atom is -0.325 e. The Morgan fingerprint density at radius 2 is 1.76 bits per heavy atom. The maximum Gasteiger partial charge on any atom is 0.433 e. The van der Waals surface area contributed by atoms with Gasteiger partial charge in [-0.05, 0) is 48.7 Å². The van der Waals surface area contributed by atoms with Gasteiger partial charge in [0.25, 0.3) is 0 Å². The van der Waals surface area contributed by atoms with Crippen molar-refractivity contribution in [2.24, 2.45) is 0 Å². The maximum absolute atomic E-state index is 12.8. The highest BCUT2D eigenvalue weighted by atomic mass is 19.4. The number of alkyl halides is 3. The van der Waals surface area contributed by atoms with E-state index in [9.17, 15) is 18.0 Å². The zero-order chi connectivity index (χ0) is 21.0. The molecular formula is C21H25F3N4O. The third kappa shape index (κ3) is 6.01. The number of rotatable bonds is 5. The van der Waals surface area contributed by atoms with Gasteiger partial charge in [0, 0.05) is 44.6 Å². The highest BCUT2D eigenvalue weighted by Crippen LogP contribution is 2.28. The van der Waals surface area contributed by atoms with Crippen molar-refractivity contribution in [1.29, 1.82) is 0 Å². The molecule has 1 N–H and O–H groups in total. The first-order valence-electron chi connectivity index (χ1n) is 9.54. The molecule has 1 aliphatic heterocycles. The van der Waals surface area contributed by atoms with Crippen molar-refractivity contribution in [2.75, 3.05) is 38.0 Å². The van der Waals surface area contributed by atoms with Gasteiger partial charge in [-0.15, -0.1) is 0 Å². The molecule has 0 bridgehead atoms. The van der Waals surface area contributed by atoms with E-state index in [4.69, 9.17) is 0 Å². The minimum atomic E-state index is -4.43. The maximum atomic E-state index is 12.8. The van der Waals surface area contributed by atoms with Crippen LogP contribution in [0.2, 0.25) is 0 Å². The Labute approximate surface area is 168 Å². The number of piperazine rings is 1. The second-order valence-corrected chi connectivity index (χ2v) is 7.47. The van der Waals surface area contributed by atoms with Gasteiger partial charge in [-0.3, -0.25) is 19.6 Å². The fraction of sp³-hybridized carbons (Fsp3) is 0.429. The molecule has 0 unspecified atom stereocenters. The van der Waals surface area contributed by atoms with Crippen LogP contribution in [-0.2, 0) is 17.5 Å². The van der Waals surface area contributed by atoms with Crippen LogP contribution >= 0.6 is 0 Å². The van der Waals surface area contributed by atoms with E-state index in [2.05, 4.69) is 20.1 Å². The van der Waals surface area contributed by atoms with Gasteiger partial charge in [-0.1, -0.05) is 12.1 Å². The smallest absolute Gasteiger partial charge is 0.325 e. The van der Waals surface area contributed by atoms with Gasteiger partial charge in [0.15, 0.2) is 0 Å². The molecular weight excluding hydrogens is 381 g/mol. The number of nitrogens with one attached hydrogen (secondary N) is 1. The summed E-state index contributed by atoms with van der Waals surface area (Å²) in [5.74, 6) is -0.0592. The molecule has 1 saturated heterocycles. The molecule has 8 heteroatoms. The zero-order valence-electron chi connectivity index (χ0n) is 16.6.